The van der Waals surface area contributed by atoms with Crippen LogP contribution >= 0.6 is 0 Å². The SMILES string of the molecule is CC1Oc2cc(C3CNC3)ccc2NC1=O. The normalized spacial score (nSPS) is 24.1. The van der Waals surface area contributed by atoms with Gasteiger partial charge in [0.25, 0.3) is 5.91 Å². The van der Waals surface area contributed by atoms with Gasteiger partial charge < -0.3 is 15.4 Å². The van der Waals surface area contributed by atoms with Gasteiger partial charge in [0.1, 0.15) is 5.75 Å². The second kappa shape index (κ2) is 3.49. The maximum Gasteiger partial charge on any atom is 0.265 e. The number of hydrogen-bond acceptors (Lipinski definition) is 3. The molecule has 0 spiro atoms. The fraction of sp³-hybridized carbons (Fsp3) is 0.417. The molecule has 1 saturated heterocycles. The van der Waals surface area contributed by atoms with E-state index in [1.807, 2.05) is 12.1 Å². The van der Waals surface area contributed by atoms with Crippen LogP contribution in [-0.4, -0.2) is 25.1 Å². The third-order valence-electron chi connectivity index (χ3n) is 3.19. The molecule has 4 heteroatoms. The highest BCUT2D eigenvalue weighted by Gasteiger charge is 2.25. The number of amides is 1. The summed E-state index contributed by atoms with van der Waals surface area (Å²) in [6.07, 6.45) is -0.401. The zero-order chi connectivity index (χ0) is 11.1. The molecule has 2 aliphatic rings. The van der Waals surface area contributed by atoms with E-state index in [0.29, 0.717) is 5.92 Å². The smallest absolute Gasteiger partial charge is 0.265 e. The van der Waals surface area contributed by atoms with E-state index in [4.69, 9.17) is 4.74 Å². The number of ether oxygens (including phenoxy) is 1. The highest BCUT2D eigenvalue weighted by atomic mass is 16.5. The zero-order valence-electron chi connectivity index (χ0n) is 9.12. The maximum absolute atomic E-state index is 11.4. The summed E-state index contributed by atoms with van der Waals surface area (Å²) in [5.74, 6) is 1.30. The molecule has 1 atom stereocenters. The predicted molar refractivity (Wildman–Crippen MR) is 60.8 cm³/mol. The third-order valence-corrected chi connectivity index (χ3v) is 3.19. The Bertz CT molecular complexity index is 441. The maximum atomic E-state index is 11.4. The number of benzene rings is 1. The Morgan fingerprint density at radius 1 is 1.38 bits per heavy atom. The fourth-order valence-electron chi connectivity index (χ4n) is 2.00. The van der Waals surface area contributed by atoms with Gasteiger partial charge in [0.15, 0.2) is 6.10 Å². The van der Waals surface area contributed by atoms with Gasteiger partial charge in [-0.25, -0.2) is 0 Å². The molecule has 1 aromatic carbocycles. The van der Waals surface area contributed by atoms with Gasteiger partial charge >= 0.3 is 0 Å². The monoisotopic (exact) mass is 218 g/mol. The van der Waals surface area contributed by atoms with E-state index in [1.165, 1.54) is 5.56 Å². The Balaban J connectivity index is 1.92. The molecule has 4 nitrogen and oxygen atoms in total. The first-order chi connectivity index (χ1) is 7.74. The van der Waals surface area contributed by atoms with Crippen molar-refractivity contribution < 1.29 is 9.53 Å². The molecule has 84 valence electrons. The molecule has 2 aliphatic heterocycles. The third kappa shape index (κ3) is 1.46. The average Bonchev–Trinajstić information content (AvgIpc) is 2.17. The van der Waals surface area contributed by atoms with Crippen molar-refractivity contribution >= 4 is 11.6 Å². The van der Waals surface area contributed by atoms with Crippen LogP contribution < -0.4 is 15.4 Å². The summed E-state index contributed by atoms with van der Waals surface area (Å²) in [4.78, 5) is 11.4. The minimum atomic E-state index is -0.401. The highest BCUT2D eigenvalue weighted by molar-refractivity contribution is 5.97. The quantitative estimate of drug-likeness (QED) is 0.742. The van der Waals surface area contributed by atoms with E-state index in [1.54, 1.807) is 6.92 Å². The van der Waals surface area contributed by atoms with Gasteiger partial charge in [0.2, 0.25) is 0 Å². The Hall–Kier alpha value is -1.55. The Labute approximate surface area is 94.0 Å². The molecular weight excluding hydrogens is 204 g/mol. The van der Waals surface area contributed by atoms with Crippen LogP contribution in [0.3, 0.4) is 0 Å². The number of nitrogens with one attached hydrogen (secondary N) is 2. The molecule has 0 aliphatic carbocycles. The van der Waals surface area contributed by atoms with Gasteiger partial charge in [-0.3, -0.25) is 4.79 Å². The average molecular weight is 218 g/mol. The lowest BCUT2D eigenvalue weighted by Crippen LogP contribution is -2.40. The highest BCUT2D eigenvalue weighted by Crippen LogP contribution is 2.33. The molecule has 2 N–H and O–H groups in total. The van der Waals surface area contributed by atoms with Crippen LogP contribution in [0.5, 0.6) is 5.75 Å². The molecule has 1 unspecified atom stereocenters. The summed E-state index contributed by atoms with van der Waals surface area (Å²) in [6, 6.07) is 6.02. The first-order valence-corrected chi connectivity index (χ1v) is 5.56. The Kier molecular flexibility index (Phi) is 2.11. The molecule has 3 rings (SSSR count). The van der Waals surface area contributed by atoms with Gasteiger partial charge in [-0.1, -0.05) is 6.07 Å². The van der Waals surface area contributed by atoms with Crippen LogP contribution in [0.25, 0.3) is 0 Å². The van der Waals surface area contributed by atoms with E-state index < -0.39 is 6.10 Å². The lowest BCUT2D eigenvalue weighted by Gasteiger charge is -2.29. The van der Waals surface area contributed by atoms with E-state index in [0.717, 1.165) is 24.5 Å². The number of carbonyl (C=O) groups excluding carboxylic acids is 1. The lowest BCUT2D eigenvalue weighted by molar-refractivity contribution is -0.122. The van der Waals surface area contributed by atoms with Gasteiger partial charge in [-0.05, 0) is 24.6 Å². The first kappa shape index (κ1) is 9.66. The zero-order valence-corrected chi connectivity index (χ0v) is 9.12. The van der Waals surface area contributed by atoms with Gasteiger partial charge in [-0.2, -0.15) is 0 Å². The second-order valence-corrected chi connectivity index (χ2v) is 4.36. The molecule has 2 heterocycles. The number of carbonyl (C=O) groups is 1. The Morgan fingerprint density at radius 2 is 2.19 bits per heavy atom. The molecule has 1 fully saturated rings. The molecule has 0 aromatic heterocycles. The molecule has 1 aromatic rings. The van der Waals surface area contributed by atoms with Crippen molar-refractivity contribution in [2.75, 3.05) is 18.4 Å². The van der Waals surface area contributed by atoms with Crippen molar-refractivity contribution in [3.05, 3.63) is 23.8 Å². The molecule has 16 heavy (non-hydrogen) atoms. The van der Waals surface area contributed by atoms with Crippen LogP contribution in [0.2, 0.25) is 0 Å². The first-order valence-electron chi connectivity index (χ1n) is 5.56. The van der Waals surface area contributed by atoms with Gasteiger partial charge in [-0.15, -0.1) is 0 Å². The van der Waals surface area contributed by atoms with E-state index in [9.17, 15) is 4.79 Å². The number of anilines is 1. The van der Waals surface area contributed by atoms with Gasteiger partial charge in [0.05, 0.1) is 5.69 Å². The molecule has 0 radical (unpaired) electrons. The van der Waals surface area contributed by atoms with E-state index >= 15 is 0 Å². The predicted octanol–water partition coefficient (Wildman–Crippen LogP) is 1.09. The van der Waals surface area contributed by atoms with Crippen molar-refractivity contribution in [2.24, 2.45) is 0 Å². The van der Waals surface area contributed by atoms with Crippen molar-refractivity contribution in [1.29, 1.82) is 0 Å². The lowest BCUT2D eigenvalue weighted by atomic mass is 9.93. The van der Waals surface area contributed by atoms with Crippen LogP contribution in [0.4, 0.5) is 5.69 Å². The fourth-order valence-corrected chi connectivity index (χ4v) is 2.00. The van der Waals surface area contributed by atoms with Crippen LogP contribution in [0.15, 0.2) is 18.2 Å². The molecule has 1 amide bonds. The standard InChI is InChI=1S/C12H14N2O2/c1-7-12(15)14-10-3-2-8(4-11(10)16-7)9-5-13-6-9/h2-4,7,9,13H,5-6H2,1H3,(H,14,15). The summed E-state index contributed by atoms with van der Waals surface area (Å²) >= 11 is 0. The van der Waals surface area contributed by atoms with Gasteiger partial charge in [0, 0.05) is 19.0 Å². The summed E-state index contributed by atoms with van der Waals surface area (Å²) in [7, 11) is 0. The minimum Gasteiger partial charge on any atom is -0.479 e. The van der Waals surface area contributed by atoms with E-state index in [-0.39, 0.29) is 5.91 Å². The number of rotatable bonds is 1. The molecule has 0 saturated carbocycles. The van der Waals surface area contributed by atoms with Crippen LogP contribution in [0, 0.1) is 0 Å². The number of fused-ring (bicyclic) bond motifs is 1. The van der Waals surface area contributed by atoms with Crippen LogP contribution in [0.1, 0.15) is 18.4 Å². The number of hydrogen-bond donors (Lipinski definition) is 2. The van der Waals surface area contributed by atoms with Crippen molar-refractivity contribution in [3.63, 3.8) is 0 Å². The largest absolute Gasteiger partial charge is 0.479 e. The molecular formula is C12H14N2O2. The van der Waals surface area contributed by atoms with Crippen molar-refractivity contribution in [2.45, 2.75) is 18.9 Å². The summed E-state index contributed by atoms with van der Waals surface area (Å²) in [6.45, 7) is 3.82. The van der Waals surface area contributed by atoms with Crippen LogP contribution in [-0.2, 0) is 4.79 Å². The summed E-state index contributed by atoms with van der Waals surface area (Å²) in [5.41, 5.74) is 2.06. The van der Waals surface area contributed by atoms with E-state index in [2.05, 4.69) is 16.7 Å². The van der Waals surface area contributed by atoms with Crippen molar-refractivity contribution in [1.82, 2.24) is 5.32 Å². The van der Waals surface area contributed by atoms with Crippen molar-refractivity contribution in [3.8, 4) is 5.75 Å². The topological polar surface area (TPSA) is 50.4 Å². The Morgan fingerprint density at radius 3 is 2.88 bits per heavy atom. The minimum absolute atomic E-state index is 0.0782. The molecule has 0 bridgehead atoms. The second-order valence-electron chi connectivity index (χ2n) is 4.36. The summed E-state index contributed by atoms with van der Waals surface area (Å²) in [5, 5.41) is 6.08. The summed E-state index contributed by atoms with van der Waals surface area (Å²) < 4.78 is 5.57.